The van der Waals surface area contributed by atoms with E-state index in [9.17, 15) is 9.59 Å². The molecule has 0 saturated carbocycles. The Labute approximate surface area is 94.5 Å². The lowest BCUT2D eigenvalue weighted by atomic mass is 10.0. The molecule has 0 aromatic rings. The van der Waals surface area contributed by atoms with Gasteiger partial charge in [-0.3, -0.25) is 10.1 Å². The van der Waals surface area contributed by atoms with Crippen LogP contribution in [0.4, 0.5) is 4.79 Å². The molecule has 2 aliphatic heterocycles. The zero-order valence-corrected chi connectivity index (χ0v) is 9.24. The third-order valence-electron chi connectivity index (χ3n) is 3.38. The molecule has 6 nitrogen and oxygen atoms in total. The van der Waals surface area contributed by atoms with Crippen LogP contribution in [0.25, 0.3) is 0 Å². The van der Waals surface area contributed by atoms with Gasteiger partial charge in [-0.25, -0.2) is 4.79 Å². The Kier molecular flexibility index (Phi) is 3.40. The maximum atomic E-state index is 11.2. The van der Waals surface area contributed by atoms with Crippen LogP contribution in [0.15, 0.2) is 0 Å². The van der Waals surface area contributed by atoms with Crippen LogP contribution in [0.5, 0.6) is 0 Å². The maximum absolute atomic E-state index is 11.2. The predicted molar refractivity (Wildman–Crippen MR) is 58.6 cm³/mol. The number of imide groups is 1. The number of rotatable bonds is 3. The molecule has 0 aromatic carbocycles. The highest BCUT2D eigenvalue weighted by atomic mass is 16.2. The zero-order valence-electron chi connectivity index (χ0n) is 9.24. The molecule has 90 valence electrons. The highest BCUT2D eigenvalue weighted by molar-refractivity contribution is 5.93. The van der Waals surface area contributed by atoms with E-state index in [-0.39, 0.29) is 5.91 Å². The number of fused-ring (bicyclic) bond motifs is 1. The van der Waals surface area contributed by atoms with E-state index in [1.54, 1.807) is 0 Å². The van der Waals surface area contributed by atoms with Crippen molar-refractivity contribution in [3.8, 4) is 0 Å². The zero-order chi connectivity index (χ0) is 11.5. The van der Waals surface area contributed by atoms with Gasteiger partial charge in [0, 0.05) is 26.1 Å². The standard InChI is InChI=1S/C10H18N4O2/c11-10(16)13-9(15)1-2-14-5-7-3-12-4-8(7)6-14/h7-8,12H,1-6H2,(H3,11,13,15,16). The fourth-order valence-electron chi connectivity index (χ4n) is 2.59. The lowest BCUT2D eigenvalue weighted by molar-refractivity contribution is -0.120. The first-order valence-corrected chi connectivity index (χ1v) is 5.67. The lowest BCUT2D eigenvalue weighted by Crippen LogP contribution is -2.37. The normalized spacial score (nSPS) is 29.0. The fraction of sp³-hybridized carbons (Fsp3) is 0.800. The molecular weight excluding hydrogens is 208 g/mol. The van der Waals surface area contributed by atoms with Gasteiger partial charge in [0.25, 0.3) is 0 Å². The average Bonchev–Trinajstić information content (AvgIpc) is 2.72. The molecule has 0 bridgehead atoms. The number of carbonyl (C=O) groups is 2. The van der Waals surface area contributed by atoms with Crippen molar-refractivity contribution in [2.24, 2.45) is 17.6 Å². The molecule has 2 heterocycles. The summed E-state index contributed by atoms with van der Waals surface area (Å²) in [5.41, 5.74) is 4.86. The van der Waals surface area contributed by atoms with Crippen LogP contribution < -0.4 is 16.4 Å². The Balaban J connectivity index is 1.68. The van der Waals surface area contributed by atoms with E-state index in [0.29, 0.717) is 13.0 Å². The summed E-state index contributed by atoms with van der Waals surface area (Å²) in [5, 5.41) is 5.45. The highest BCUT2D eigenvalue weighted by Crippen LogP contribution is 2.25. The molecule has 2 aliphatic rings. The van der Waals surface area contributed by atoms with Crippen LogP contribution in [0, 0.1) is 11.8 Å². The van der Waals surface area contributed by atoms with Crippen LogP contribution in [0.1, 0.15) is 6.42 Å². The molecule has 6 heteroatoms. The van der Waals surface area contributed by atoms with Crippen molar-refractivity contribution in [2.45, 2.75) is 6.42 Å². The van der Waals surface area contributed by atoms with Crippen LogP contribution in [-0.4, -0.2) is 49.6 Å². The Hall–Kier alpha value is -1.14. The van der Waals surface area contributed by atoms with Gasteiger partial charge in [0.15, 0.2) is 0 Å². The number of nitrogens with two attached hydrogens (primary N) is 1. The first-order chi connectivity index (χ1) is 7.65. The van der Waals surface area contributed by atoms with E-state index in [0.717, 1.165) is 38.0 Å². The second-order valence-corrected chi connectivity index (χ2v) is 4.60. The number of carbonyl (C=O) groups excluding carboxylic acids is 2. The first kappa shape index (κ1) is 11.3. The molecule has 0 radical (unpaired) electrons. The van der Waals surface area contributed by atoms with E-state index in [4.69, 9.17) is 5.73 Å². The van der Waals surface area contributed by atoms with E-state index in [2.05, 4.69) is 15.5 Å². The summed E-state index contributed by atoms with van der Waals surface area (Å²) < 4.78 is 0. The van der Waals surface area contributed by atoms with Gasteiger partial charge < -0.3 is 16.0 Å². The summed E-state index contributed by atoms with van der Waals surface area (Å²) in [6.45, 7) is 5.01. The minimum Gasteiger partial charge on any atom is -0.351 e. The minimum atomic E-state index is -0.771. The number of primary amides is 1. The Morgan fingerprint density at radius 1 is 1.31 bits per heavy atom. The van der Waals surface area contributed by atoms with Crippen LogP contribution in [0.2, 0.25) is 0 Å². The van der Waals surface area contributed by atoms with Gasteiger partial charge in [-0.15, -0.1) is 0 Å². The summed E-state index contributed by atoms with van der Waals surface area (Å²) in [6, 6.07) is -0.771. The second kappa shape index (κ2) is 4.80. The summed E-state index contributed by atoms with van der Waals surface area (Å²) in [4.78, 5) is 23.9. The third-order valence-corrected chi connectivity index (χ3v) is 3.38. The number of amides is 3. The maximum Gasteiger partial charge on any atom is 0.318 e. The van der Waals surface area contributed by atoms with Crippen molar-refractivity contribution >= 4 is 11.9 Å². The van der Waals surface area contributed by atoms with Gasteiger partial charge in [-0.2, -0.15) is 0 Å². The molecular formula is C10H18N4O2. The van der Waals surface area contributed by atoms with E-state index in [1.165, 1.54) is 0 Å². The molecule has 16 heavy (non-hydrogen) atoms. The Bertz CT molecular complexity index is 283. The van der Waals surface area contributed by atoms with Gasteiger partial charge in [0.1, 0.15) is 0 Å². The highest BCUT2D eigenvalue weighted by Gasteiger charge is 2.35. The molecule has 2 unspecified atom stereocenters. The van der Waals surface area contributed by atoms with Crippen LogP contribution in [-0.2, 0) is 4.79 Å². The summed E-state index contributed by atoms with van der Waals surface area (Å²) >= 11 is 0. The monoisotopic (exact) mass is 226 g/mol. The average molecular weight is 226 g/mol. The van der Waals surface area contributed by atoms with Gasteiger partial charge in [0.2, 0.25) is 5.91 Å². The largest absolute Gasteiger partial charge is 0.351 e. The predicted octanol–water partition coefficient (Wildman–Crippen LogP) is -1.28. The van der Waals surface area contributed by atoms with E-state index >= 15 is 0 Å². The lowest BCUT2D eigenvalue weighted by Gasteiger charge is -2.15. The molecule has 3 amide bonds. The van der Waals surface area contributed by atoms with Crippen molar-refractivity contribution in [1.29, 1.82) is 0 Å². The topological polar surface area (TPSA) is 87.5 Å². The van der Waals surface area contributed by atoms with Crippen molar-refractivity contribution in [1.82, 2.24) is 15.5 Å². The van der Waals surface area contributed by atoms with Crippen molar-refractivity contribution in [3.63, 3.8) is 0 Å². The van der Waals surface area contributed by atoms with Crippen LogP contribution in [0.3, 0.4) is 0 Å². The van der Waals surface area contributed by atoms with Crippen molar-refractivity contribution < 1.29 is 9.59 Å². The fourth-order valence-corrected chi connectivity index (χ4v) is 2.59. The Morgan fingerprint density at radius 2 is 1.94 bits per heavy atom. The summed E-state index contributed by atoms with van der Waals surface area (Å²) in [7, 11) is 0. The third kappa shape index (κ3) is 2.70. The summed E-state index contributed by atoms with van der Waals surface area (Å²) in [6.07, 6.45) is 0.343. The smallest absolute Gasteiger partial charge is 0.318 e. The number of hydrogen-bond acceptors (Lipinski definition) is 4. The van der Waals surface area contributed by atoms with E-state index < -0.39 is 6.03 Å². The second-order valence-electron chi connectivity index (χ2n) is 4.60. The molecule has 0 aromatic heterocycles. The van der Waals surface area contributed by atoms with Gasteiger partial charge in [0.05, 0.1) is 0 Å². The molecule has 2 atom stereocenters. The van der Waals surface area contributed by atoms with Crippen LogP contribution >= 0.6 is 0 Å². The SMILES string of the molecule is NC(=O)NC(=O)CCN1CC2CNCC2C1. The molecule has 2 saturated heterocycles. The first-order valence-electron chi connectivity index (χ1n) is 5.67. The molecule has 4 N–H and O–H groups in total. The van der Waals surface area contributed by atoms with E-state index in [1.807, 2.05) is 0 Å². The quantitative estimate of drug-likeness (QED) is 0.559. The molecule has 2 rings (SSSR count). The number of hydrogen-bond donors (Lipinski definition) is 3. The molecule has 0 spiro atoms. The number of nitrogens with zero attached hydrogens (tertiary/aromatic N) is 1. The van der Waals surface area contributed by atoms with Crippen molar-refractivity contribution in [3.05, 3.63) is 0 Å². The van der Waals surface area contributed by atoms with Gasteiger partial charge >= 0.3 is 6.03 Å². The van der Waals surface area contributed by atoms with Gasteiger partial charge in [-0.05, 0) is 24.9 Å². The minimum absolute atomic E-state index is 0.289. The number of nitrogens with one attached hydrogen (secondary N) is 2. The molecule has 2 fully saturated rings. The van der Waals surface area contributed by atoms with Crippen molar-refractivity contribution in [2.75, 3.05) is 32.7 Å². The van der Waals surface area contributed by atoms with Gasteiger partial charge in [-0.1, -0.05) is 0 Å². The number of urea groups is 1. The summed E-state index contributed by atoms with van der Waals surface area (Å²) in [5.74, 6) is 1.18. The Morgan fingerprint density at radius 3 is 2.50 bits per heavy atom. The molecule has 0 aliphatic carbocycles. The number of likely N-dealkylation sites (tertiary alicyclic amines) is 1.